The van der Waals surface area contributed by atoms with Gasteiger partial charge in [0.1, 0.15) is 0 Å². The van der Waals surface area contributed by atoms with E-state index in [4.69, 9.17) is 4.74 Å². The molecule has 0 amide bonds. The molecule has 0 aliphatic carbocycles. The van der Waals surface area contributed by atoms with E-state index in [0.717, 1.165) is 12.7 Å². The average molecular weight is 116 g/mol. The Balaban J connectivity index is 2.08. The first-order chi connectivity index (χ1) is 3.29. The number of hydrogen-bond donors (Lipinski definition) is 0. The van der Waals surface area contributed by atoms with Gasteiger partial charge >= 0.3 is 0 Å². The summed E-state index contributed by atoms with van der Waals surface area (Å²) < 4.78 is 15.2. The molecule has 0 N–H and O–H groups in total. The van der Waals surface area contributed by atoms with Crippen molar-refractivity contribution in [1.82, 2.24) is 0 Å². The van der Waals surface area contributed by atoms with E-state index in [1.54, 1.807) is 6.55 Å². The van der Waals surface area contributed by atoms with Crippen LogP contribution in [0.5, 0.6) is 0 Å². The Morgan fingerprint density at radius 1 is 2.00 bits per heavy atom. The Kier molecular flexibility index (Phi) is 1.34. The second-order valence-electron chi connectivity index (χ2n) is 1.86. The quantitative estimate of drug-likeness (QED) is 0.387. The lowest BCUT2D eigenvalue weighted by Gasteiger charge is -1.78. The summed E-state index contributed by atoms with van der Waals surface area (Å²) in [5.41, 5.74) is 0. The summed E-state index contributed by atoms with van der Waals surface area (Å²) in [5, 5.41) is 0. The first kappa shape index (κ1) is 5.12. The van der Waals surface area contributed by atoms with E-state index in [0.29, 0.717) is 6.10 Å². The summed E-state index contributed by atoms with van der Waals surface area (Å²) in [6.07, 6.45) is 0.358. The third-order valence-corrected chi connectivity index (χ3v) is 1.95. The fourth-order valence-electron chi connectivity index (χ4n) is 0.507. The van der Waals surface area contributed by atoms with E-state index >= 15 is 0 Å². The van der Waals surface area contributed by atoms with E-state index < -0.39 is 8.68 Å². The van der Waals surface area contributed by atoms with Gasteiger partial charge in [0.15, 0.2) is 0 Å². The molecule has 0 aromatic heterocycles. The molecule has 1 unspecified atom stereocenters. The summed E-state index contributed by atoms with van der Waals surface area (Å²) in [6.45, 7) is 2.61. The van der Waals surface area contributed by atoms with Crippen molar-refractivity contribution in [3.05, 3.63) is 0 Å². The van der Waals surface area contributed by atoms with Crippen LogP contribution in [0, 0.1) is 0 Å². The maximum atomic E-state index is 10.4. The zero-order chi connectivity index (χ0) is 5.28. The number of rotatable bonds is 2. The zero-order valence-corrected chi connectivity index (χ0v) is 5.31. The predicted octanol–water partition coefficient (Wildman–Crippen LogP) is 0.437. The molecule has 1 saturated heterocycles. The van der Waals surface area contributed by atoms with Crippen LogP contribution in [0.4, 0.5) is 0 Å². The Bertz CT molecular complexity index is 87.7. The SMILES string of the molecule is C[Si](=O)CC1CO1. The lowest BCUT2D eigenvalue weighted by molar-refractivity contribution is 0.419. The number of epoxide rings is 1. The molecule has 0 radical (unpaired) electrons. The minimum absolute atomic E-state index is 0.358. The molecule has 1 heterocycles. The zero-order valence-electron chi connectivity index (χ0n) is 4.31. The molecule has 1 aliphatic heterocycles. The molecule has 1 rings (SSSR count). The van der Waals surface area contributed by atoms with Crippen LogP contribution in [-0.2, 0) is 9.20 Å². The van der Waals surface area contributed by atoms with Crippen molar-refractivity contribution in [2.75, 3.05) is 6.61 Å². The molecular weight excluding hydrogens is 108 g/mol. The first-order valence-corrected chi connectivity index (χ1v) is 4.51. The highest BCUT2D eigenvalue weighted by molar-refractivity contribution is 6.41. The van der Waals surface area contributed by atoms with Gasteiger partial charge in [-0.05, 0) is 6.55 Å². The summed E-state index contributed by atoms with van der Waals surface area (Å²) in [4.78, 5) is 0. The minimum Gasteiger partial charge on any atom is -0.389 e. The molecule has 0 bridgehead atoms. The molecule has 1 atom stereocenters. The summed E-state index contributed by atoms with van der Waals surface area (Å²) in [7, 11) is -1.25. The topological polar surface area (TPSA) is 29.6 Å². The number of ether oxygens (including phenoxy) is 1. The van der Waals surface area contributed by atoms with Crippen molar-refractivity contribution in [3.63, 3.8) is 0 Å². The van der Waals surface area contributed by atoms with Crippen LogP contribution < -0.4 is 0 Å². The van der Waals surface area contributed by atoms with Gasteiger partial charge < -0.3 is 9.20 Å². The standard InChI is InChI=1S/C4H8O2Si/c1-7(5)3-4-2-6-4/h4H,2-3H2,1H3. The van der Waals surface area contributed by atoms with Gasteiger partial charge in [-0.25, -0.2) is 0 Å². The molecule has 3 heteroatoms. The molecular formula is C4H8O2Si. The van der Waals surface area contributed by atoms with Gasteiger partial charge in [0.2, 0.25) is 0 Å². The summed E-state index contributed by atoms with van der Waals surface area (Å²) >= 11 is 0. The summed E-state index contributed by atoms with van der Waals surface area (Å²) in [6, 6.07) is 0.796. The molecule has 0 aromatic carbocycles. The lowest BCUT2D eigenvalue weighted by atomic mass is 10.6. The highest BCUT2D eigenvalue weighted by atomic mass is 28.3. The lowest BCUT2D eigenvalue weighted by Crippen LogP contribution is -1.95. The Morgan fingerprint density at radius 2 is 2.57 bits per heavy atom. The third kappa shape index (κ3) is 1.94. The maximum Gasteiger partial charge on any atom is 0.276 e. The fraction of sp³-hybridized carbons (Fsp3) is 1.00. The normalized spacial score (nSPS) is 27.3. The van der Waals surface area contributed by atoms with Crippen molar-refractivity contribution in [2.45, 2.75) is 18.7 Å². The van der Waals surface area contributed by atoms with E-state index in [2.05, 4.69) is 0 Å². The van der Waals surface area contributed by atoms with E-state index in [9.17, 15) is 4.46 Å². The van der Waals surface area contributed by atoms with Crippen LogP contribution in [0.1, 0.15) is 0 Å². The van der Waals surface area contributed by atoms with Crippen molar-refractivity contribution in [2.24, 2.45) is 0 Å². The molecule has 0 aromatic rings. The summed E-state index contributed by atoms with van der Waals surface area (Å²) in [5.74, 6) is 0. The smallest absolute Gasteiger partial charge is 0.276 e. The second-order valence-corrected chi connectivity index (χ2v) is 3.67. The van der Waals surface area contributed by atoms with Crippen molar-refractivity contribution >= 4 is 8.68 Å². The van der Waals surface area contributed by atoms with Crippen LogP contribution >= 0.6 is 0 Å². The van der Waals surface area contributed by atoms with Gasteiger partial charge in [-0.3, -0.25) is 0 Å². The van der Waals surface area contributed by atoms with Crippen molar-refractivity contribution < 1.29 is 9.20 Å². The van der Waals surface area contributed by atoms with Crippen molar-refractivity contribution in [1.29, 1.82) is 0 Å². The van der Waals surface area contributed by atoms with Gasteiger partial charge in [-0.2, -0.15) is 0 Å². The van der Waals surface area contributed by atoms with Crippen molar-refractivity contribution in [3.8, 4) is 0 Å². The van der Waals surface area contributed by atoms with Gasteiger partial charge in [0, 0.05) is 6.04 Å². The molecule has 1 fully saturated rings. The molecule has 0 spiro atoms. The van der Waals surface area contributed by atoms with E-state index in [1.807, 2.05) is 0 Å². The number of hydrogen-bond acceptors (Lipinski definition) is 2. The van der Waals surface area contributed by atoms with Crippen LogP contribution in [0.25, 0.3) is 0 Å². The van der Waals surface area contributed by atoms with Gasteiger partial charge in [0.05, 0.1) is 12.7 Å². The van der Waals surface area contributed by atoms with E-state index in [1.165, 1.54) is 0 Å². The second kappa shape index (κ2) is 1.84. The highest BCUT2D eigenvalue weighted by Gasteiger charge is 2.24. The largest absolute Gasteiger partial charge is 0.389 e. The van der Waals surface area contributed by atoms with Crippen LogP contribution in [0.3, 0.4) is 0 Å². The molecule has 0 saturated carbocycles. The molecule has 7 heavy (non-hydrogen) atoms. The third-order valence-electron chi connectivity index (χ3n) is 0.917. The molecule has 40 valence electrons. The molecule has 2 nitrogen and oxygen atoms in total. The molecule has 1 aliphatic rings. The Hall–Kier alpha value is -0.0231. The maximum absolute atomic E-state index is 10.4. The highest BCUT2D eigenvalue weighted by Crippen LogP contribution is 2.13. The Morgan fingerprint density at radius 3 is 2.71 bits per heavy atom. The first-order valence-electron chi connectivity index (χ1n) is 2.40. The Labute approximate surface area is 44.1 Å². The van der Waals surface area contributed by atoms with Crippen LogP contribution in [0.2, 0.25) is 12.6 Å². The average Bonchev–Trinajstić information content (AvgIpc) is 2.17. The van der Waals surface area contributed by atoms with Gasteiger partial charge in [0.25, 0.3) is 8.68 Å². The monoisotopic (exact) mass is 116 g/mol. The van der Waals surface area contributed by atoms with Crippen LogP contribution in [-0.4, -0.2) is 21.4 Å². The van der Waals surface area contributed by atoms with E-state index in [-0.39, 0.29) is 0 Å². The van der Waals surface area contributed by atoms with Crippen LogP contribution in [0.15, 0.2) is 0 Å². The van der Waals surface area contributed by atoms with Gasteiger partial charge in [-0.1, -0.05) is 0 Å². The minimum atomic E-state index is -1.25. The predicted molar refractivity (Wildman–Crippen MR) is 26.9 cm³/mol. The van der Waals surface area contributed by atoms with Gasteiger partial charge in [-0.15, -0.1) is 0 Å². The fourth-order valence-corrected chi connectivity index (χ4v) is 1.38.